The summed E-state index contributed by atoms with van der Waals surface area (Å²) in [5.41, 5.74) is 2.23. The average molecular weight is 400 g/mol. The molecule has 0 spiro atoms. The number of hydrogen-bond acceptors (Lipinski definition) is 4. The number of aromatic nitrogens is 2. The first kappa shape index (κ1) is 19.9. The van der Waals surface area contributed by atoms with E-state index in [1.54, 1.807) is 47.0 Å². The maximum Gasteiger partial charge on any atom is 0.287 e. The van der Waals surface area contributed by atoms with Gasteiger partial charge in [0.1, 0.15) is 0 Å². The maximum absolute atomic E-state index is 12.8. The molecule has 0 aliphatic rings. The van der Waals surface area contributed by atoms with E-state index >= 15 is 0 Å². The lowest BCUT2D eigenvalue weighted by Crippen LogP contribution is -2.32. The van der Waals surface area contributed by atoms with Crippen molar-refractivity contribution < 1.29 is 9.59 Å². The third kappa shape index (κ3) is 4.32. The monoisotopic (exact) mass is 399 g/mol. The molecule has 1 aromatic carbocycles. The molecule has 0 bridgehead atoms. The highest BCUT2D eigenvalue weighted by atomic mass is 35.5. The summed E-state index contributed by atoms with van der Waals surface area (Å²) in [5.74, 6) is -0.543. The number of fused-ring (bicyclic) bond motifs is 1. The van der Waals surface area contributed by atoms with Gasteiger partial charge in [-0.25, -0.2) is 4.98 Å². The van der Waals surface area contributed by atoms with Gasteiger partial charge in [-0.1, -0.05) is 17.7 Å². The molecule has 2 N–H and O–H groups in total. The quantitative estimate of drug-likeness (QED) is 0.668. The van der Waals surface area contributed by atoms with Crippen LogP contribution in [0.1, 0.15) is 26.7 Å². The van der Waals surface area contributed by atoms with Gasteiger partial charge in [-0.15, -0.1) is 0 Å². The SMILES string of the molecule is Cc1cc(Cl)ccc1NC(=O)c1nc(C(=O)NCCN(C)C)n2ccccc12. The molecule has 28 heavy (non-hydrogen) atoms. The number of pyridine rings is 1. The average Bonchev–Trinajstić information content (AvgIpc) is 3.03. The van der Waals surface area contributed by atoms with E-state index in [-0.39, 0.29) is 23.3 Å². The summed E-state index contributed by atoms with van der Waals surface area (Å²) in [7, 11) is 3.86. The molecular formula is C20H22ClN5O2. The Morgan fingerprint density at radius 2 is 1.96 bits per heavy atom. The van der Waals surface area contributed by atoms with Gasteiger partial charge >= 0.3 is 0 Å². The third-order valence-electron chi connectivity index (χ3n) is 4.25. The fourth-order valence-electron chi connectivity index (χ4n) is 2.79. The van der Waals surface area contributed by atoms with Crippen LogP contribution in [-0.4, -0.2) is 53.3 Å². The molecule has 2 aromatic heterocycles. The van der Waals surface area contributed by atoms with Gasteiger partial charge in [-0.2, -0.15) is 0 Å². The standard InChI is InChI=1S/C20H22ClN5O2/c1-13-12-14(21)7-8-15(13)23-19(27)17-16-6-4-5-10-26(16)18(24-17)20(28)22-9-11-25(2)3/h4-8,10,12H,9,11H2,1-3H3,(H,22,28)(H,23,27). The zero-order valence-corrected chi connectivity index (χ0v) is 16.7. The van der Waals surface area contributed by atoms with E-state index in [0.29, 0.717) is 29.3 Å². The number of rotatable bonds is 6. The van der Waals surface area contributed by atoms with Gasteiger partial charge in [0.05, 0.1) is 5.52 Å². The van der Waals surface area contributed by atoms with Crippen molar-refractivity contribution in [2.24, 2.45) is 0 Å². The lowest BCUT2D eigenvalue weighted by Gasteiger charge is -2.09. The van der Waals surface area contributed by atoms with E-state index in [1.165, 1.54) is 0 Å². The Kier molecular flexibility index (Phi) is 5.96. The van der Waals surface area contributed by atoms with Gasteiger partial charge in [-0.05, 0) is 56.9 Å². The number of imidazole rings is 1. The van der Waals surface area contributed by atoms with Crippen LogP contribution in [0.25, 0.3) is 5.52 Å². The van der Waals surface area contributed by atoms with Crippen LogP contribution in [-0.2, 0) is 0 Å². The van der Waals surface area contributed by atoms with Gasteiger partial charge in [0.15, 0.2) is 5.69 Å². The van der Waals surface area contributed by atoms with Crippen molar-refractivity contribution in [3.05, 3.63) is 64.7 Å². The number of nitrogens with zero attached hydrogens (tertiary/aromatic N) is 3. The predicted octanol–water partition coefficient (Wildman–Crippen LogP) is 2.84. The van der Waals surface area contributed by atoms with E-state index in [9.17, 15) is 9.59 Å². The highest BCUT2D eigenvalue weighted by Crippen LogP contribution is 2.21. The maximum atomic E-state index is 12.8. The van der Waals surface area contributed by atoms with Crippen LogP contribution >= 0.6 is 11.6 Å². The summed E-state index contributed by atoms with van der Waals surface area (Å²) in [6.45, 7) is 3.05. The first-order valence-electron chi connectivity index (χ1n) is 8.84. The molecule has 0 saturated heterocycles. The fourth-order valence-corrected chi connectivity index (χ4v) is 3.01. The van der Waals surface area contributed by atoms with Crippen LogP contribution in [0, 0.1) is 6.92 Å². The van der Waals surface area contributed by atoms with Crippen molar-refractivity contribution in [2.75, 3.05) is 32.5 Å². The topological polar surface area (TPSA) is 78.7 Å². The molecule has 0 aliphatic heterocycles. The normalized spacial score (nSPS) is 11.0. The second-order valence-corrected chi connectivity index (χ2v) is 7.15. The Morgan fingerprint density at radius 3 is 2.68 bits per heavy atom. The number of benzene rings is 1. The molecule has 2 amide bonds. The molecule has 0 atom stereocenters. The van der Waals surface area contributed by atoms with Crippen molar-refractivity contribution in [3.8, 4) is 0 Å². The zero-order chi connectivity index (χ0) is 20.3. The molecule has 0 aliphatic carbocycles. The Hall–Kier alpha value is -2.90. The first-order chi connectivity index (χ1) is 13.4. The largest absolute Gasteiger partial charge is 0.348 e. The minimum absolute atomic E-state index is 0.173. The molecular weight excluding hydrogens is 378 g/mol. The molecule has 8 heteroatoms. The summed E-state index contributed by atoms with van der Waals surface area (Å²) in [5, 5.41) is 6.27. The summed E-state index contributed by atoms with van der Waals surface area (Å²) in [6, 6.07) is 10.6. The molecule has 0 unspecified atom stereocenters. The highest BCUT2D eigenvalue weighted by Gasteiger charge is 2.21. The lowest BCUT2D eigenvalue weighted by molar-refractivity contribution is 0.0940. The number of likely N-dealkylation sites (N-methyl/N-ethyl adjacent to an activating group) is 1. The number of nitrogens with one attached hydrogen (secondary N) is 2. The van der Waals surface area contributed by atoms with Crippen molar-refractivity contribution in [1.82, 2.24) is 19.6 Å². The van der Waals surface area contributed by atoms with Gasteiger partial charge < -0.3 is 15.5 Å². The molecule has 2 heterocycles. The van der Waals surface area contributed by atoms with E-state index in [4.69, 9.17) is 11.6 Å². The number of amides is 2. The second kappa shape index (κ2) is 8.41. The fraction of sp³-hybridized carbons (Fsp3) is 0.250. The van der Waals surface area contributed by atoms with Crippen LogP contribution in [0.2, 0.25) is 5.02 Å². The van der Waals surface area contributed by atoms with Crippen molar-refractivity contribution in [2.45, 2.75) is 6.92 Å². The lowest BCUT2D eigenvalue weighted by atomic mass is 10.2. The van der Waals surface area contributed by atoms with Crippen LogP contribution in [0.5, 0.6) is 0 Å². The van der Waals surface area contributed by atoms with E-state index in [0.717, 1.165) is 5.56 Å². The second-order valence-electron chi connectivity index (χ2n) is 6.71. The smallest absolute Gasteiger partial charge is 0.287 e. The van der Waals surface area contributed by atoms with E-state index in [1.807, 2.05) is 25.9 Å². The zero-order valence-electron chi connectivity index (χ0n) is 16.0. The number of carbonyl (C=O) groups is 2. The summed E-state index contributed by atoms with van der Waals surface area (Å²) >= 11 is 5.97. The minimum atomic E-state index is -0.388. The van der Waals surface area contributed by atoms with Crippen molar-refractivity contribution in [3.63, 3.8) is 0 Å². The number of hydrogen-bond donors (Lipinski definition) is 2. The molecule has 0 radical (unpaired) electrons. The minimum Gasteiger partial charge on any atom is -0.348 e. The van der Waals surface area contributed by atoms with Crippen LogP contribution < -0.4 is 10.6 Å². The predicted molar refractivity (Wildman–Crippen MR) is 110 cm³/mol. The van der Waals surface area contributed by atoms with Crippen LogP contribution in [0.15, 0.2) is 42.6 Å². The molecule has 0 fully saturated rings. The summed E-state index contributed by atoms with van der Waals surface area (Å²) in [4.78, 5) is 31.7. The van der Waals surface area contributed by atoms with Gasteiger partial charge in [0, 0.05) is 30.0 Å². The van der Waals surface area contributed by atoms with Gasteiger partial charge in [0.2, 0.25) is 5.82 Å². The number of anilines is 1. The number of carbonyl (C=O) groups excluding carboxylic acids is 2. The molecule has 146 valence electrons. The summed E-state index contributed by atoms with van der Waals surface area (Å²) in [6.07, 6.45) is 1.72. The van der Waals surface area contributed by atoms with Crippen molar-refractivity contribution >= 4 is 34.6 Å². The van der Waals surface area contributed by atoms with Crippen LogP contribution in [0.3, 0.4) is 0 Å². The summed E-state index contributed by atoms with van der Waals surface area (Å²) < 4.78 is 1.62. The Bertz CT molecular complexity index is 1030. The Labute approximate surface area is 168 Å². The first-order valence-corrected chi connectivity index (χ1v) is 9.22. The van der Waals surface area contributed by atoms with Crippen LogP contribution in [0.4, 0.5) is 5.69 Å². The Balaban J connectivity index is 1.89. The Morgan fingerprint density at radius 1 is 1.18 bits per heavy atom. The number of aryl methyl sites for hydroxylation is 1. The van der Waals surface area contributed by atoms with Crippen molar-refractivity contribution in [1.29, 1.82) is 0 Å². The number of halogens is 1. The van der Waals surface area contributed by atoms with Gasteiger partial charge in [0.25, 0.3) is 11.8 Å². The molecule has 0 saturated carbocycles. The molecule has 7 nitrogen and oxygen atoms in total. The van der Waals surface area contributed by atoms with E-state index in [2.05, 4.69) is 15.6 Å². The highest BCUT2D eigenvalue weighted by molar-refractivity contribution is 6.30. The molecule has 3 rings (SSSR count). The van der Waals surface area contributed by atoms with Gasteiger partial charge in [-0.3, -0.25) is 14.0 Å². The third-order valence-corrected chi connectivity index (χ3v) is 4.48. The molecule has 3 aromatic rings. The van der Waals surface area contributed by atoms with E-state index < -0.39 is 0 Å².